The Hall–Kier alpha value is -4.11. The summed E-state index contributed by atoms with van der Waals surface area (Å²) < 4.78 is 10.6. The van der Waals surface area contributed by atoms with Crippen LogP contribution in [0.5, 0.6) is 0 Å². The molecular formula is C24H20N2O4. The van der Waals surface area contributed by atoms with E-state index < -0.39 is 11.9 Å². The molecular weight excluding hydrogens is 380 g/mol. The molecule has 0 aliphatic heterocycles. The van der Waals surface area contributed by atoms with E-state index in [4.69, 9.17) is 9.15 Å². The van der Waals surface area contributed by atoms with Crippen molar-refractivity contribution in [3.8, 4) is 17.4 Å². The summed E-state index contributed by atoms with van der Waals surface area (Å²) in [7, 11) is 1.32. The van der Waals surface area contributed by atoms with Crippen molar-refractivity contribution in [3.05, 3.63) is 82.6 Å². The van der Waals surface area contributed by atoms with Crippen LogP contribution in [-0.4, -0.2) is 19.0 Å². The number of carbonyl (C=O) groups is 2. The van der Waals surface area contributed by atoms with E-state index >= 15 is 0 Å². The smallest absolute Gasteiger partial charge is 0.337 e. The summed E-state index contributed by atoms with van der Waals surface area (Å²) in [5.41, 5.74) is 3.48. The molecule has 2 aromatic carbocycles. The maximum atomic E-state index is 12.5. The number of esters is 1. The van der Waals surface area contributed by atoms with Crippen molar-refractivity contribution in [1.29, 1.82) is 5.26 Å². The van der Waals surface area contributed by atoms with Gasteiger partial charge in [-0.1, -0.05) is 24.3 Å². The second-order valence-corrected chi connectivity index (χ2v) is 6.66. The minimum atomic E-state index is -0.520. The molecule has 1 heterocycles. The van der Waals surface area contributed by atoms with Crippen LogP contribution < -0.4 is 5.32 Å². The first kappa shape index (κ1) is 20.6. The van der Waals surface area contributed by atoms with Crippen LogP contribution in [0, 0.1) is 25.2 Å². The maximum Gasteiger partial charge on any atom is 0.337 e. The quantitative estimate of drug-likeness (QED) is 0.374. The summed E-state index contributed by atoms with van der Waals surface area (Å²) >= 11 is 0. The summed E-state index contributed by atoms with van der Waals surface area (Å²) in [6, 6.07) is 17.8. The van der Waals surface area contributed by atoms with Gasteiger partial charge in [0.25, 0.3) is 5.91 Å². The maximum absolute atomic E-state index is 12.5. The fourth-order valence-corrected chi connectivity index (χ4v) is 2.90. The first-order valence-corrected chi connectivity index (χ1v) is 9.21. The van der Waals surface area contributed by atoms with Crippen molar-refractivity contribution < 1.29 is 18.7 Å². The minimum absolute atomic E-state index is 0.0841. The number of furan rings is 1. The van der Waals surface area contributed by atoms with E-state index in [0.717, 1.165) is 16.7 Å². The molecule has 6 heteroatoms. The number of nitrogens with one attached hydrogen (secondary N) is 1. The molecule has 0 spiro atoms. The summed E-state index contributed by atoms with van der Waals surface area (Å²) in [5, 5.41) is 12.2. The number of methoxy groups -OCH3 is 1. The Bertz CT molecular complexity index is 1180. The van der Waals surface area contributed by atoms with Gasteiger partial charge in [-0.3, -0.25) is 4.79 Å². The van der Waals surface area contributed by atoms with Gasteiger partial charge in [0.1, 0.15) is 23.2 Å². The van der Waals surface area contributed by atoms with E-state index in [-0.39, 0.29) is 5.57 Å². The SMILES string of the molecule is COC(=O)c1ccc(C)c(-c2ccc(/C=C(/C#N)C(=O)Nc3ccccc3C)o2)c1. The highest BCUT2D eigenvalue weighted by Gasteiger charge is 2.14. The highest BCUT2D eigenvalue weighted by Crippen LogP contribution is 2.28. The molecule has 6 nitrogen and oxygen atoms in total. The number of hydrogen-bond acceptors (Lipinski definition) is 5. The zero-order valence-electron chi connectivity index (χ0n) is 16.9. The Morgan fingerprint density at radius 2 is 1.83 bits per heavy atom. The standard InChI is InChI=1S/C24H20N2O4/c1-15-8-9-17(24(28)29-3)13-20(15)22-11-10-19(30-22)12-18(14-25)23(27)26-21-7-5-4-6-16(21)2/h4-13H,1-3H3,(H,26,27)/b18-12-. The molecule has 0 saturated heterocycles. The van der Waals surface area contributed by atoms with Gasteiger partial charge in [0.05, 0.1) is 12.7 Å². The van der Waals surface area contributed by atoms with Crippen LogP contribution in [0.3, 0.4) is 0 Å². The number of ether oxygens (including phenoxy) is 1. The topological polar surface area (TPSA) is 92.3 Å². The average Bonchev–Trinajstić information content (AvgIpc) is 3.21. The Morgan fingerprint density at radius 3 is 2.53 bits per heavy atom. The third kappa shape index (κ3) is 4.47. The molecule has 0 unspecified atom stereocenters. The number of nitrogens with zero attached hydrogens (tertiary/aromatic N) is 1. The van der Waals surface area contributed by atoms with E-state index in [1.165, 1.54) is 13.2 Å². The third-order valence-corrected chi connectivity index (χ3v) is 4.60. The van der Waals surface area contributed by atoms with Crippen LogP contribution in [0.1, 0.15) is 27.2 Å². The molecule has 150 valence electrons. The number of para-hydroxylation sites is 1. The molecule has 3 rings (SSSR count). The van der Waals surface area contributed by atoms with Crippen LogP contribution in [0.4, 0.5) is 5.69 Å². The first-order valence-electron chi connectivity index (χ1n) is 9.21. The predicted molar refractivity (Wildman–Crippen MR) is 114 cm³/mol. The molecule has 0 bridgehead atoms. The first-order chi connectivity index (χ1) is 14.4. The second-order valence-electron chi connectivity index (χ2n) is 6.66. The number of aryl methyl sites for hydroxylation is 2. The molecule has 1 amide bonds. The number of rotatable bonds is 5. The fourth-order valence-electron chi connectivity index (χ4n) is 2.90. The third-order valence-electron chi connectivity index (χ3n) is 4.60. The number of hydrogen-bond donors (Lipinski definition) is 1. The predicted octanol–water partition coefficient (Wildman–Crippen LogP) is 4.90. The molecule has 0 atom stereocenters. The van der Waals surface area contributed by atoms with Crippen molar-refractivity contribution in [2.45, 2.75) is 13.8 Å². The van der Waals surface area contributed by atoms with Crippen molar-refractivity contribution in [2.24, 2.45) is 0 Å². The summed E-state index contributed by atoms with van der Waals surface area (Å²) in [6.07, 6.45) is 1.39. The highest BCUT2D eigenvalue weighted by molar-refractivity contribution is 6.09. The Labute approximate surface area is 174 Å². The van der Waals surface area contributed by atoms with Gasteiger partial charge in [0, 0.05) is 17.3 Å². The lowest BCUT2D eigenvalue weighted by Crippen LogP contribution is -2.14. The number of anilines is 1. The number of carbonyl (C=O) groups excluding carboxylic acids is 2. The van der Waals surface area contributed by atoms with Gasteiger partial charge < -0.3 is 14.5 Å². The van der Waals surface area contributed by atoms with E-state index in [0.29, 0.717) is 22.8 Å². The molecule has 0 aliphatic rings. The van der Waals surface area contributed by atoms with Crippen LogP contribution in [0.25, 0.3) is 17.4 Å². The monoisotopic (exact) mass is 400 g/mol. The highest BCUT2D eigenvalue weighted by atomic mass is 16.5. The lowest BCUT2D eigenvalue weighted by Gasteiger charge is -2.07. The normalized spacial score (nSPS) is 10.9. The average molecular weight is 400 g/mol. The van der Waals surface area contributed by atoms with E-state index in [1.54, 1.807) is 36.4 Å². The zero-order valence-corrected chi connectivity index (χ0v) is 16.9. The molecule has 1 N–H and O–H groups in total. The van der Waals surface area contributed by atoms with E-state index in [2.05, 4.69) is 5.32 Å². The van der Waals surface area contributed by atoms with Crippen LogP contribution in [0.2, 0.25) is 0 Å². The molecule has 0 fully saturated rings. The van der Waals surface area contributed by atoms with Gasteiger partial charge in [0.15, 0.2) is 0 Å². The van der Waals surface area contributed by atoms with Crippen LogP contribution >= 0.6 is 0 Å². The largest absolute Gasteiger partial charge is 0.465 e. The van der Waals surface area contributed by atoms with Crippen molar-refractivity contribution >= 4 is 23.6 Å². The van der Waals surface area contributed by atoms with Crippen LogP contribution in [-0.2, 0) is 9.53 Å². The second kappa shape index (κ2) is 8.93. The van der Waals surface area contributed by atoms with Gasteiger partial charge in [-0.25, -0.2) is 4.79 Å². The van der Waals surface area contributed by atoms with Gasteiger partial charge in [0.2, 0.25) is 0 Å². The number of nitriles is 1. The Kier molecular flexibility index (Phi) is 6.14. The number of benzene rings is 2. The van der Waals surface area contributed by atoms with E-state index in [1.807, 2.05) is 38.1 Å². The van der Waals surface area contributed by atoms with Gasteiger partial charge in [-0.2, -0.15) is 5.26 Å². The van der Waals surface area contributed by atoms with Gasteiger partial charge in [-0.15, -0.1) is 0 Å². The Morgan fingerprint density at radius 1 is 1.07 bits per heavy atom. The van der Waals surface area contributed by atoms with Crippen molar-refractivity contribution in [3.63, 3.8) is 0 Å². The summed E-state index contributed by atoms with van der Waals surface area (Å²) in [5.74, 6) is -0.0957. The fraction of sp³-hybridized carbons (Fsp3) is 0.125. The van der Waals surface area contributed by atoms with E-state index in [9.17, 15) is 14.9 Å². The zero-order chi connectivity index (χ0) is 21.7. The molecule has 30 heavy (non-hydrogen) atoms. The van der Waals surface area contributed by atoms with Crippen LogP contribution in [0.15, 0.2) is 64.6 Å². The lowest BCUT2D eigenvalue weighted by atomic mass is 10.0. The lowest BCUT2D eigenvalue weighted by molar-refractivity contribution is -0.112. The van der Waals surface area contributed by atoms with Gasteiger partial charge in [-0.05, 0) is 55.3 Å². The summed E-state index contributed by atoms with van der Waals surface area (Å²) in [6.45, 7) is 3.76. The molecule has 0 radical (unpaired) electrons. The molecule has 1 aromatic heterocycles. The number of amides is 1. The Balaban J connectivity index is 1.87. The molecule has 0 saturated carbocycles. The molecule has 0 aliphatic carbocycles. The van der Waals surface area contributed by atoms with Crippen molar-refractivity contribution in [1.82, 2.24) is 0 Å². The van der Waals surface area contributed by atoms with Gasteiger partial charge >= 0.3 is 5.97 Å². The minimum Gasteiger partial charge on any atom is -0.465 e. The molecule has 3 aromatic rings. The summed E-state index contributed by atoms with van der Waals surface area (Å²) in [4.78, 5) is 24.3. The van der Waals surface area contributed by atoms with Crippen molar-refractivity contribution in [2.75, 3.05) is 12.4 Å².